The third-order valence-corrected chi connectivity index (χ3v) is 5.94. The molecule has 0 atom stereocenters. The first-order valence-corrected chi connectivity index (χ1v) is 10.2. The molecule has 1 fully saturated rings. The van der Waals surface area contributed by atoms with Crippen molar-refractivity contribution < 1.29 is 4.79 Å². The van der Waals surface area contributed by atoms with Gasteiger partial charge < -0.3 is 19.4 Å². The molecule has 0 aliphatic carbocycles. The van der Waals surface area contributed by atoms with Gasteiger partial charge in [0.15, 0.2) is 0 Å². The molecule has 1 aliphatic heterocycles. The molecule has 0 radical (unpaired) electrons. The summed E-state index contributed by atoms with van der Waals surface area (Å²) in [5, 5.41) is 3.00. The van der Waals surface area contributed by atoms with Gasteiger partial charge >= 0.3 is 11.1 Å². The molecular formula is C21H21BrN4O3. The van der Waals surface area contributed by atoms with Crippen LogP contribution in [0.5, 0.6) is 0 Å². The van der Waals surface area contributed by atoms with Gasteiger partial charge in [-0.1, -0.05) is 15.9 Å². The third kappa shape index (κ3) is 3.48. The fourth-order valence-electron chi connectivity index (χ4n) is 3.72. The number of nitrogens with one attached hydrogen (secondary N) is 1. The van der Waals surface area contributed by atoms with E-state index in [1.165, 1.54) is 9.13 Å². The van der Waals surface area contributed by atoms with Gasteiger partial charge in [0.1, 0.15) is 0 Å². The molecule has 29 heavy (non-hydrogen) atoms. The smallest absolute Gasteiger partial charge is 0.316 e. The number of carbonyl (C=O) groups is 1. The average molecular weight is 457 g/mol. The van der Waals surface area contributed by atoms with E-state index in [1.54, 1.807) is 32.3 Å². The zero-order chi connectivity index (χ0) is 20.7. The maximum atomic E-state index is 12.8. The number of fused-ring (bicyclic) bond motifs is 1. The molecule has 1 aliphatic rings. The molecule has 0 bridgehead atoms. The molecule has 0 saturated carbocycles. The fourth-order valence-corrected chi connectivity index (χ4v) is 3.99. The van der Waals surface area contributed by atoms with Crippen LogP contribution in [0.2, 0.25) is 0 Å². The summed E-state index contributed by atoms with van der Waals surface area (Å²) in [4.78, 5) is 39.5. The number of benzene rings is 2. The fraction of sp³-hybridized carbons (Fsp3) is 0.286. The van der Waals surface area contributed by atoms with Crippen molar-refractivity contribution in [3.8, 4) is 0 Å². The number of amides is 1. The van der Waals surface area contributed by atoms with Crippen LogP contribution in [0.15, 0.2) is 50.5 Å². The van der Waals surface area contributed by atoms with Gasteiger partial charge in [-0.2, -0.15) is 0 Å². The monoisotopic (exact) mass is 456 g/mol. The average Bonchev–Trinajstić information content (AvgIpc) is 3.25. The summed E-state index contributed by atoms with van der Waals surface area (Å²) in [7, 11) is 3.17. The highest BCUT2D eigenvalue weighted by atomic mass is 79.9. The standard InChI is InChI=1S/C21H21BrN4O3/c1-24-17-11-15(23-19(27)13-5-7-14(22)8-6-13)16(26-9-3-4-10-26)12-18(17)25(2)21(29)20(24)28/h5-8,11-12H,3-4,9-10H2,1-2H3,(H,23,27). The Morgan fingerprint density at radius 1 is 0.931 bits per heavy atom. The first-order chi connectivity index (χ1) is 13.9. The molecule has 4 rings (SSSR count). The van der Waals surface area contributed by atoms with E-state index in [-0.39, 0.29) is 5.91 Å². The van der Waals surface area contributed by atoms with E-state index in [2.05, 4.69) is 26.1 Å². The lowest BCUT2D eigenvalue weighted by Crippen LogP contribution is -2.39. The summed E-state index contributed by atoms with van der Waals surface area (Å²) in [6.07, 6.45) is 2.15. The molecule has 0 unspecified atom stereocenters. The van der Waals surface area contributed by atoms with Crippen molar-refractivity contribution in [2.75, 3.05) is 23.3 Å². The number of anilines is 2. The normalized spacial score (nSPS) is 13.8. The topological polar surface area (TPSA) is 76.3 Å². The van der Waals surface area contributed by atoms with Crippen LogP contribution in [-0.2, 0) is 14.1 Å². The Kier molecular flexibility index (Phi) is 5.04. The summed E-state index contributed by atoms with van der Waals surface area (Å²) in [6, 6.07) is 10.8. The molecule has 8 heteroatoms. The SMILES string of the molecule is Cn1c(=O)c(=O)n(C)c2cc(N3CCCC3)c(NC(=O)c3ccc(Br)cc3)cc21. The van der Waals surface area contributed by atoms with Crippen molar-refractivity contribution in [2.45, 2.75) is 12.8 Å². The second-order valence-electron chi connectivity index (χ2n) is 7.24. The Hall–Kier alpha value is -2.87. The lowest BCUT2D eigenvalue weighted by atomic mass is 10.1. The largest absolute Gasteiger partial charge is 0.370 e. The predicted octanol–water partition coefficient (Wildman–Crippen LogP) is 2.85. The first kappa shape index (κ1) is 19.4. The highest BCUT2D eigenvalue weighted by Gasteiger charge is 2.20. The number of halogens is 1. The number of aryl methyl sites for hydroxylation is 2. The van der Waals surface area contributed by atoms with Crippen LogP contribution in [-0.4, -0.2) is 28.1 Å². The van der Waals surface area contributed by atoms with Crippen molar-refractivity contribution >= 4 is 44.2 Å². The van der Waals surface area contributed by atoms with Crippen LogP contribution in [0.4, 0.5) is 11.4 Å². The van der Waals surface area contributed by atoms with Crippen LogP contribution in [0.25, 0.3) is 11.0 Å². The number of aromatic nitrogens is 2. The molecule has 0 spiro atoms. The summed E-state index contributed by atoms with van der Waals surface area (Å²) in [5.41, 5.74) is 2.09. The summed E-state index contributed by atoms with van der Waals surface area (Å²) in [5.74, 6) is -0.230. The van der Waals surface area contributed by atoms with E-state index >= 15 is 0 Å². The molecule has 1 aromatic heterocycles. The second-order valence-corrected chi connectivity index (χ2v) is 8.16. The molecule has 1 N–H and O–H groups in total. The highest BCUT2D eigenvalue weighted by Crippen LogP contribution is 2.33. The molecule has 1 saturated heterocycles. The predicted molar refractivity (Wildman–Crippen MR) is 118 cm³/mol. The molecule has 3 aromatic rings. The van der Waals surface area contributed by atoms with Crippen LogP contribution >= 0.6 is 15.9 Å². The van der Waals surface area contributed by atoms with Crippen LogP contribution in [0.3, 0.4) is 0 Å². The molecular weight excluding hydrogens is 436 g/mol. The van der Waals surface area contributed by atoms with Crippen molar-refractivity contribution in [1.82, 2.24) is 9.13 Å². The van der Waals surface area contributed by atoms with Gasteiger partial charge in [0.05, 0.1) is 22.4 Å². The van der Waals surface area contributed by atoms with Crippen molar-refractivity contribution in [2.24, 2.45) is 14.1 Å². The van der Waals surface area contributed by atoms with Gasteiger partial charge in [0, 0.05) is 37.2 Å². The Balaban J connectivity index is 1.87. The number of rotatable bonds is 3. The molecule has 2 aromatic carbocycles. The molecule has 150 valence electrons. The van der Waals surface area contributed by atoms with Crippen molar-refractivity contribution in [3.63, 3.8) is 0 Å². The van der Waals surface area contributed by atoms with E-state index in [4.69, 9.17) is 0 Å². The minimum Gasteiger partial charge on any atom is -0.370 e. The van der Waals surface area contributed by atoms with E-state index in [9.17, 15) is 14.4 Å². The molecule has 7 nitrogen and oxygen atoms in total. The van der Waals surface area contributed by atoms with Gasteiger partial charge in [-0.05, 0) is 49.2 Å². The van der Waals surface area contributed by atoms with Crippen LogP contribution in [0, 0.1) is 0 Å². The third-order valence-electron chi connectivity index (χ3n) is 5.41. The summed E-state index contributed by atoms with van der Waals surface area (Å²) in [6.45, 7) is 1.76. The Bertz CT molecular complexity index is 1220. The highest BCUT2D eigenvalue weighted by molar-refractivity contribution is 9.10. The van der Waals surface area contributed by atoms with Crippen molar-refractivity contribution in [1.29, 1.82) is 0 Å². The first-order valence-electron chi connectivity index (χ1n) is 9.42. The Labute approximate surface area is 175 Å². The number of hydrogen-bond acceptors (Lipinski definition) is 4. The van der Waals surface area contributed by atoms with Gasteiger partial charge in [0.2, 0.25) is 0 Å². The van der Waals surface area contributed by atoms with Crippen LogP contribution in [0.1, 0.15) is 23.2 Å². The minimum atomic E-state index is -0.598. The summed E-state index contributed by atoms with van der Waals surface area (Å²) >= 11 is 3.37. The number of nitrogens with zero attached hydrogens (tertiary/aromatic N) is 3. The quantitative estimate of drug-likeness (QED) is 0.614. The van der Waals surface area contributed by atoms with Gasteiger partial charge in [-0.3, -0.25) is 14.4 Å². The lowest BCUT2D eigenvalue weighted by molar-refractivity contribution is 0.102. The zero-order valence-corrected chi connectivity index (χ0v) is 17.8. The maximum Gasteiger partial charge on any atom is 0.316 e. The zero-order valence-electron chi connectivity index (χ0n) is 16.2. The van der Waals surface area contributed by atoms with E-state index < -0.39 is 11.1 Å². The van der Waals surface area contributed by atoms with E-state index in [1.807, 2.05) is 18.2 Å². The Morgan fingerprint density at radius 2 is 1.48 bits per heavy atom. The lowest BCUT2D eigenvalue weighted by Gasteiger charge is -2.23. The Morgan fingerprint density at radius 3 is 2.07 bits per heavy atom. The van der Waals surface area contributed by atoms with Crippen molar-refractivity contribution in [3.05, 3.63) is 67.1 Å². The molecule has 1 amide bonds. The van der Waals surface area contributed by atoms with Gasteiger partial charge in [-0.15, -0.1) is 0 Å². The number of carbonyl (C=O) groups excluding carboxylic acids is 1. The maximum absolute atomic E-state index is 12.8. The minimum absolute atomic E-state index is 0.230. The summed E-state index contributed by atoms with van der Waals surface area (Å²) < 4.78 is 3.60. The van der Waals surface area contributed by atoms with E-state index in [0.717, 1.165) is 36.1 Å². The number of hydrogen-bond donors (Lipinski definition) is 1. The van der Waals surface area contributed by atoms with E-state index in [0.29, 0.717) is 22.3 Å². The van der Waals surface area contributed by atoms with Crippen LogP contribution < -0.4 is 21.3 Å². The molecule has 2 heterocycles. The van der Waals surface area contributed by atoms with Gasteiger partial charge in [-0.25, -0.2) is 0 Å². The van der Waals surface area contributed by atoms with Gasteiger partial charge in [0.25, 0.3) is 5.91 Å². The second kappa shape index (κ2) is 7.51.